The van der Waals surface area contributed by atoms with E-state index in [1.807, 2.05) is 0 Å². The minimum Gasteiger partial charge on any atom is -0.478 e. The molecule has 0 radical (unpaired) electrons. The molecule has 0 aliphatic carbocycles. The summed E-state index contributed by atoms with van der Waals surface area (Å²) >= 11 is 0. The van der Waals surface area contributed by atoms with E-state index in [1.165, 1.54) is 30.3 Å². The van der Waals surface area contributed by atoms with Gasteiger partial charge in [0.25, 0.3) is 5.91 Å². The molecule has 57 heavy (non-hydrogen) atoms. The number of ether oxygens (including phenoxy) is 3. The molecule has 0 fully saturated rings. The van der Waals surface area contributed by atoms with Crippen LogP contribution in [0, 0.1) is 0 Å². The standard InChI is InChI=1S/C42H34N2O13/c45-40(39-20-26(23-53-50)4-19-38(39)42(48)49)43-30-7-11-33(12-8-30)56-36-2-1-3-37(22-36)57-35-17-15-34(16-18-35)55-32-13-9-31(10-14-32)44-52-24-29-21-27(41(46)47)5-6-28(29)25-54-51/h1-22,44,50-51H,23-25H2,(H,43,45)(H,46,47)(H,48,49). The topological polar surface area (TPSA) is 212 Å². The summed E-state index contributed by atoms with van der Waals surface area (Å²) in [5, 5.41) is 39.0. The van der Waals surface area contributed by atoms with Gasteiger partial charge in [-0.2, -0.15) is 0 Å². The molecule has 0 heterocycles. The molecular formula is C42H34N2O13. The number of anilines is 2. The van der Waals surface area contributed by atoms with E-state index < -0.39 is 17.8 Å². The first-order chi connectivity index (χ1) is 27.7. The Balaban J connectivity index is 0.988. The van der Waals surface area contributed by atoms with E-state index in [1.54, 1.807) is 103 Å². The maximum atomic E-state index is 12.9. The molecular weight excluding hydrogens is 740 g/mol. The van der Waals surface area contributed by atoms with Crippen molar-refractivity contribution in [1.82, 2.24) is 0 Å². The number of carboxylic acid groups (broad SMARTS) is 2. The van der Waals surface area contributed by atoms with E-state index in [-0.39, 0.29) is 36.5 Å². The summed E-state index contributed by atoms with van der Waals surface area (Å²) in [4.78, 5) is 49.8. The third kappa shape index (κ3) is 10.9. The zero-order chi connectivity index (χ0) is 40.1. The number of hydrogen-bond donors (Lipinski definition) is 6. The third-order valence-electron chi connectivity index (χ3n) is 8.18. The molecule has 0 saturated heterocycles. The molecule has 0 saturated carbocycles. The van der Waals surface area contributed by atoms with Gasteiger partial charge in [0, 0.05) is 11.8 Å². The Kier molecular flexibility index (Phi) is 13.0. The van der Waals surface area contributed by atoms with Gasteiger partial charge in [0.2, 0.25) is 0 Å². The molecule has 15 nitrogen and oxygen atoms in total. The van der Waals surface area contributed by atoms with E-state index in [9.17, 15) is 24.6 Å². The van der Waals surface area contributed by atoms with Gasteiger partial charge in [-0.1, -0.05) is 18.2 Å². The van der Waals surface area contributed by atoms with Crippen molar-refractivity contribution in [2.75, 3.05) is 10.8 Å². The lowest BCUT2D eigenvalue weighted by Crippen LogP contribution is -2.17. The number of nitrogens with one attached hydrogen (secondary N) is 2. The van der Waals surface area contributed by atoms with Crippen LogP contribution in [0.15, 0.2) is 133 Å². The lowest BCUT2D eigenvalue weighted by Gasteiger charge is -2.12. The van der Waals surface area contributed by atoms with E-state index in [0.717, 1.165) is 0 Å². The van der Waals surface area contributed by atoms with E-state index in [2.05, 4.69) is 20.6 Å². The summed E-state index contributed by atoms with van der Waals surface area (Å²) in [7, 11) is 0. The maximum Gasteiger partial charge on any atom is 0.336 e. The highest BCUT2D eigenvalue weighted by atomic mass is 17.1. The van der Waals surface area contributed by atoms with Crippen molar-refractivity contribution in [3.63, 3.8) is 0 Å². The molecule has 6 aromatic rings. The molecule has 0 bridgehead atoms. The Labute approximate surface area is 324 Å². The Hall–Kier alpha value is -7.27. The van der Waals surface area contributed by atoms with Crippen LogP contribution in [-0.2, 0) is 34.4 Å². The number of carboxylic acids is 2. The van der Waals surface area contributed by atoms with Gasteiger partial charge in [-0.3, -0.25) is 25.6 Å². The molecule has 0 aliphatic heterocycles. The van der Waals surface area contributed by atoms with Crippen LogP contribution in [0.5, 0.6) is 34.5 Å². The second-order valence-corrected chi connectivity index (χ2v) is 12.2. The summed E-state index contributed by atoms with van der Waals surface area (Å²) in [6, 6.07) is 36.0. The molecule has 290 valence electrons. The largest absolute Gasteiger partial charge is 0.478 e. The molecule has 0 spiro atoms. The highest BCUT2D eigenvalue weighted by Crippen LogP contribution is 2.31. The lowest BCUT2D eigenvalue weighted by atomic mass is 10.0. The zero-order valence-electron chi connectivity index (χ0n) is 29.8. The zero-order valence-corrected chi connectivity index (χ0v) is 29.8. The number of carbonyl (C=O) groups is 3. The normalized spacial score (nSPS) is 10.7. The van der Waals surface area contributed by atoms with Gasteiger partial charge >= 0.3 is 11.9 Å². The van der Waals surface area contributed by atoms with E-state index in [4.69, 9.17) is 29.6 Å². The maximum absolute atomic E-state index is 12.9. The number of amides is 1. The fourth-order valence-corrected chi connectivity index (χ4v) is 5.41. The number of benzene rings is 6. The van der Waals surface area contributed by atoms with Crippen molar-refractivity contribution < 1.29 is 63.9 Å². The smallest absolute Gasteiger partial charge is 0.336 e. The summed E-state index contributed by atoms with van der Waals surface area (Å²) < 4.78 is 18.0. The van der Waals surface area contributed by atoms with Crippen molar-refractivity contribution in [2.24, 2.45) is 0 Å². The number of rotatable bonds is 18. The summed E-state index contributed by atoms with van der Waals surface area (Å²) in [5.74, 6) is 0.183. The van der Waals surface area contributed by atoms with Crippen LogP contribution in [0.2, 0.25) is 0 Å². The second kappa shape index (κ2) is 18.9. The van der Waals surface area contributed by atoms with Gasteiger partial charge in [-0.25, -0.2) is 19.4 Å². The van der Waals surface area contributed by atoms with Crippen LogP contribution < -0.4 is 25.0 Å². The number of carbonyl (C=O) groups excluding carboxylic acids is 1. The average Bonchev–Trinajstić information content (AvgIpc) is 3.21. The molecule has 6 aromatic carbocycles. The molecule has 1 amide bonds. The molecule has 6 N–H and O–H groups in total. The van der Waals surface area contributed by atoms with Crippen LogP contribution in [0.1, 0.15) is 47.8 Å². The van der Waals surface area contributed by atoms with Gasteiger partial charge in [-0.05, 0) is 126 Å². The Morgan fingerprint density at radius 2 is 1.05 bits per heavy atom. The fraction of sp³-hybridized carbons (Fsp3) is 0.0714. The first-order valence-corrected chi connectivity index (χ1v) is 17.0. The highest BCUT2D eigenvalue weighted by molar-refractivity contribution is 6.10. The van der Waals surface area contributed by atoms with Crippen LogP contribution in [0.25, 0.3) is 0 Å². The van der Waals surface area contributed by atoms with E-state index >= 15 is 0 Å². The Bertz CT molecular complexity index is 2330. The van der Waals surface area contributed by atoms with Gasteiger partial charge in [0.05, 0.1) is 22.4 Å². The first-order valence-electron chi connectivity index (χ1n) is 17.0. The highest BCUT2D eigenvalue weighted by Gasteiger charge is 2.18. The predicted octanol–water partition coefficient (Wildman–Crippen LogP) is 9.24. The molecule has 0 aromatic heterocycles. The van der Waals surface area contributed by atoms with Crippen molar-refractivity contribution in [2.45, 2.75) is 19.8 Å². The first kappa shape index (κ1) is 39.4. The Morgan fingerprint density at radius 1 is 0.491 bits per heavy atom. The van der Waals surface area contributed by atoms with Crippen molar-refractivity contribution in [3.05, 3.63) is 167 Å². The van der Waals surface area contributed by atoms with Gasteiger partial charge in [-0.15, -0.1) is 0 Å². The third-order valence-corrected chi connectivity index (χ3v) is 8.18. The van der Waals surface area contributed by atoms with Crippen LogP contribution >= 0.6 is 0 Å². The second-order valence-electron chi connectivity index (χ2n) is 12.2. The molecule has 0 unspecified atom stereocenters. The fourth-order valence-electron chi connectivity index (χ4n) is 5.41. The summed E-state index contributed by atoms with van der Waals surface area (Å²) in [6.07, 6.45) is 0. The van der Waals surface area contributed by atoms with Crippen molar-refractivity contribution >= 4 is 29.2 Å². The van der Waals surface area contributed by atoms with Crippen LogP contribution in [0.4, 0.5) is 11.4 Å². The molecule has 0 aliphatic rings. The molecule has 0 atom stereocenters. The van der Waals surface area contributed by atoms with Gasteiger partial charge < -0.3 is 29.7 Å². The van der Waals surface area contributed by atoms with Crippen LogP contribution in [-0.4, -0.2) is 38.6 Å². The SMILES string of the molecule is O=C(O)c1ccc(COO)c(CONc2ccc(Oc3ccc(Oc4cccc(Oc5ccc(NC(=O)c6cc(COO)ccc6C(=O)O)cc5)c4)cc3)cc2)c1. The van der Waals surface area contributed by atoms with Gasteiger partial charge in [0.15, 0.2) is 0 Å². The molecule has 15 heteroatoms. The predicted molar refractivity (Wildman–Crippen MR) is 204 cm³/mol. The molecule has 6 rings (SSSR count). The Morgan fingerprint density at radius 3 is 1.61 bits per heavy atom. The van der Waals surface area contributed by atoms with Crippen molar-refractivity contribution in [3.8, 4) is 34.5 Å². The van der Waals surface area contributed by atoms with Crippen LogP contribution in [0.3, 0.4) is 0 Å². The monoisotopic (exact) mass is 774 g/mol. The number of aromatic carboxylic acids is 2. The van der Waals surface area contributed by atoms with Gasteiger partial charge in [0.1, 0.15) is 54.3 Å². The quantitative estimate of drug-likeness (QED) is 0.0355. The number of hydrogen-bond acceptors (Lipinski definition) is 12. The summed E-state index contributed by atoms with van der Waals surface area (Å²) in [6.45, 7) is -0.310. The van der Waals surface area contributed by atoms with E-state index in [0.29, 0.717) is 62.6 Å². The average molecular weight is 775 g/mol. The minimum absolute atomic E-state index is 0.0163. The van der Waals surface area contributed by atoms with Crippen molar-refractivity contribution in [1.29, 1.82) is 0 Å². The summed E-state index contributed by atoms with van der Waals surface area (Å²) in [5.41, 5.74) is 5.17. The lowest BCUT2D eigenvalue weighted by molar-refractivity contribution is -0.253. The minimum atomic E-state index is -1.27.